The maximum Gasteiger partial charge on any atom is 0.321 e. The number of hydrogen-bond acceptors (Lipinski definition) is 3. The highest BCUT2D eigenvalue weighted by molar-refractivity contribution is 5.96. The summed E-state index contributed by atoms with van der Waals surface area (Å²) in [6.45, 7) is 1.84. The van der Waals surface area contributed by atoms with Crippen LogP contribution in [0.15, 0.2) is 0 Å². The van der Waals surface area contributed by atoms with Crippen LogP contribution in [0.1, 0.15) is 39.0 Å². The molecule has 98 valence electrons. The number of urea groups is 1. The normalized spacial score (nSPS) is 18.8. The highest BCUT2D eigenvalue weighted by Gasteiger charge is 2.26. The van der Waals surface area contributed by atoms with Gasteiger partial charge in [-0.05, 0) is 26.8 Å². The van der Waals surface area contributed by atoms with Gasteiger partial charge in [-0.25, -0.2) is 4.79 Å². The van der Waals surface area contributed by atoms with E-state index < -0.39 is 6.03 Å². The van der Waals surface area contributed by atoms with Gasteiger partial charge < -0.3 is 5.32 Å². The lowest BCUT2D eigenvalue weighted by molar-refractivity contribution is -0.125. The average molecular weight is 241 g/mol. The molecule has 1 saturated carbocycles. The molecule has 0 aliphatic heterocycles. The fraction of sp³-hybridized carbons (Fsp3) is 0.833. The van der Waals surface area contributed by atoms with Crippen LogP contribution in [-0.2, 0) is 4.79 Å². The molecule has 17 heavy (non-hydrogen) atoms. The van der Waals surface area contributed by atoms with Crippen LogP contribution in [0.3, 0.4) is 0 Å². The summed E-state index contributed by atoms with van der Waals surface area (Å²) in [5.74, 6) is -0.238. The first kappa shape index (κ1) is 14.0. The number of rotatable bonds is 3. The molecule has 1 aliphatic carbocycles. The van der Waals surface area contributed by atoms with Crippen LogP contribution in [0.25, 0.3) is 0 Å². The molecule has 1 rings (SSSR count). The van der Waals surface area contributed by atoms with Crippen LogP contribution >= 0.6 is 0 Å². The van der Waals surface area contributed by atoms with Crippen molar-refractivity contribution < 1.29 is 9.59 Å². The Morgan fingerprint density at radius 2 is 1.82 bits per heavy atom. The zero-order valence-corrected chi connectivity index (χ0v) is 11.0. The SMILES string of the molecule is CNC(=O)NC(=O)C(C)N(C)C1CCCCC1. The molecule has 1 unspecified atom stereocenters. The number of carbonyl (C=O) groups excluding carboxylic acids is 2. The number of nitrogens with zero attached hydrogens (tertiary/aromatic N) is 1. The van der Waals surface area contributed by atoms with Crippen LogP contribution in [0.2, 0.25) is 0 Å². The first-order valence-electron chi connectivity index (χ1n) is 6.30. The predicted molar refractivity (Wildman–Crippen MR) is 66.7 cm³/mol. The van der Waals surface area contributed by atoms with Gasteiger partial charge in [0.2, 0.25) is 5.91 Å². The van der Waals surface area contributed by atoms with E-state index in [1.165, 1.54) is 26.3 Å². The second-order valence-electron chi connectivity index (χ2n) is 4.70. The molecule has 0 saturated heterocycles. The fourth-order valence-electron chi connectivity index (χ4n) is 2.27. The van der Waals surface area contributed by atoms with E-state index in [0.29, 0.717) is 6.04 Å². The van der Waals surface area contributed by atoms with Crippen molar-refractivity contribution in [2.75, 3.05) is 14.1 Å². The van der Waals surface area contributed by atoms with E-state index in [9.17, 15) is 9.59 Å². The molecule has 3 amide bonds. The van der Waals surface area contributed by atoms with Gasteiger partial charge in [-0.15, -0.1) is 0 Å². The smallest absolute Gasteiger partial charge is 0.321 e. The van der Waals surface area contributed by atoms with Crippen LogP contribution in [0, 0.1) is 0 Å². The van der Waals surface area contributed by atoms with Crippen molar-refractivity contribution in [3.63, 3.8) is 0 Å². The highest BCUT2D eigenvalue weighted by atomic mass is 16.2. The lowest BCUT2D eigenvalue weighted by Crippen LogP contribution is -2.51. The Bertz CT molecular complexity index is 275. The molecule has 0 aromatic rings. The van der Waals surface area contributed by atoms with E-state index >= 15 is 0 Å². The zero-order valence-electron chi connectivity index (χ0n) is 11.0. The Hall–Kier alpha value is -1.10. The molecule has 0 heterocycles. The van der Waals surface area contributed by atoms with E-state index in [0.717, 1.165) is 12.8 Å². The lowest BCUT2D eigenvalue weighted by atomic mass is 9.93. The molecule has 2 N–H and O–H groups in total. The zero-order chi connectivity index (χ0) is 12.8. The number of carbonyl (C=O) groups is 2. The molecule has 0 radical (unpaired) electrons. The first-order chi connectivity index (χ1) is 8.06. The number of hydrogen-bond donors (Lipinski definition) is 2. The topological polar surface area (TPSA) is 61.4 Å². The third-order valence-electron chi connectivity index (χ3n) is 3.60. The monoisotopic (exact) mass is 241 g/mol. The molecule has 0 aromatic heterocycles. The van der Waals surface area contributed by atoms with Crippen LogP contribution < -0.4 is 10.6 Å². The van der Waals surface area contributed by atoms with Gasteiger partial charge in [-0.3, -0.25) is 15.0 Å². The van der Waals surface area contributed by atoms with Crippen molar-refractivity contribution in [1.29, 1.82) is 0 Å². The Morgan fingerprint density at radius 1 is 1.24 bits per heavy atom. The summed E-state index contributed by atoms with van der Waals surface area (Å²) in [6.07, 6.45) is 6.06. The minimum absolute atomic E-state index is 0.238. The number of imide groups is 1. The molecule has 5 nitrogen and oxygen atoms in total. The largest absolute Gasteiger partial charge is 0.341 e. The molecule has 5 heteroatoms. The van der Waals surface area contributed by atoms with Crippen molar-refractivity contribution >= 4 is 11.9 Å². The third-order valence-corrected chi connectivity index (χ3v) is 3.60. The standard InChI is InChI=1S/C12H23N3O2/c1-9(11(16)14-12(17)13-2)15(3)10-7-5-4-6-8-10/h9-10H,4-8H2,1-3H3,(H2,13,14,16,17). The van der Waals surface area contributed by atoms with Crippen LogP contribution in [-0.4, -0.2) is 43.0 Å². The van der Waals surface area contributed by atoms with Gasteiger partial charge in [0.25, 0.3) is 0 Å². The molecule has 1 aliphatic rings. The molecule has 0 spiro atoms. The van der Waals surface area contributed by atoms with Gasteiger partial charge in [0.15, 0.2) is 0 Å². The minimum Gasteiger partial charge on any atom is -0.341 e. The lowest BCUT2D eigenvalue weighted by Gasteiger charge is -2.34. The second-order valence-corrected chi connectivity index (χ2v) is 4.70. The molecular weight excluding hydrogens is 218 g/mol. The second kappa shape index (κ2) is 6.59. The van der Waals surface area contributed by atoms with E-state index in [1.807, 2.05) is 14.0 Å². The number of nitrogens with one attached hydrogen (secondary N) is 2. The Balaban J connectivity index is 2.46. The van der Waals surface area contributed by atoms with Crippen molar-refractivity contribution in [2.24, 2.45) is 0 Å². The highest BCUT2D eigenvalue weighted by Crippen LogP contribution is 2.22. The van der Waals surface area contributed by atoms with Gasteiger partial charge in [0, 0.05) is 13.1 Å². The average Bonchev–Trinajstić information content (AvgIpc) is 2.37. The molecule has 1 fully saturated rings. The van der Waals surface area contributed by atoms with Crippen molar-refractivity contribution in [2.45, 2.75) is 51.1 Å². The summed E-state index contributed by atoms with van der Waals surface area (Å²) in [6, 6.07) is -0.247. The van der Waals surface area contributed by atoms with Gasteiger partial charge in [0.1, 0.15) is 0 Å². The van der Waals surface area contributed by atoms with E-state index in [4.69, 9.17) is 0 Å². The van der Waals surface area contributed by atoms with Crippen LogP contribution in [0.5, 0.6) is 0 Å². The van der Waals surface area contributed by atoms with Crippen LogP contribution in [0.4, 0.5) is 4.79 Å². The Morgan fingerprint density at radius 3 is 2.35 bits per heavy atom. The van der Waals surface area contributed by atoms with Crippen molar-refractivity contribution in [1.82, 2.24) is 15.5 Å². The van der Waals surface area contributed by atoms with E-state index in [1.54, 1.807) is 0 Å². The van der Waals surface area contributed by atoms with E-state index in [-0.39, 0.29) is 11.9 Å². The number of amides is 3. The minimum atomic E-state index is -0.445. The summed E-state index contributed by atoms with van der Waals surface area (Å²) in [5.41, 5.74) is 0. The Labute approximate surface area is 103 Å². The predicted octanol–water partition coefficient (Wildman–Crippen LogP) is 1.09. The van der Waals surface area contributed by atoms with Gasteiger partial charge in [-0.2, -0.15) is 0 Å². The summed E-state index contributed by atoms with van der Waals surface area (Å²) >= 11 is 0. The quantitative estimate of drug-likeness (QED) is 0.777. The summed E-state index contributed by atoms with van der Waals surface area (Å²) in [7, 11) is 3.46. The number of likely N-dealkylation sites (N-methyl/N-ethyl adjacent to an activating group) is 1. The van der Waals surface area contributed by atoms with Crippen molar-refractivity contribution in [3.05, 3.63) is 0 Å². The van der Waals surface area contributed by atoms with Gasteiger partial charge in [0.05, 0.1) is 6.04 Å². The molecule has 1 atom stereocenters. The maximum absolute atomic E-state index is 11.8. The van der Waals surface area contributed by atoms with E-state index in [2.05, 4.69) is 15.5 Å². The summed E-state index contributed by atoms with van der Waals surface area (Å²) < 4.78 is 0. The van der Waals surface area contributed by atoms with Crippen molar-refractivity contribution in [3.8, 4) is 0 Å². The Kier molecular flexibility index (Phi) is 5.41. The summed E-state index contributed by atoms with van der Waals surface area (Å²) in [5, 5.41) is 4.70. The first-order valence-corrected chi connectivity index (χ1v) is 6.30. The summed E-state index contributed by atoms with van der Waals surface area (Å²) in [4.78, 5) is 24.9. The van der Waals surface area contributed by atoms with Gasteiger partial charge in [-0.1, -0.05) is 19.3 Å². The third kappa shape index (κ3) is 4.00. The van der Waals surface area contributed by atoms with Gasteiger partial charge >= 0.3 is 6.03 Å². The fourth-order valence-corrected chi connectivity index (χ4v) is 2.27. The molecule has 0 aromatic carbocycles. The molecule has 0 bridgehead atoms. The maximum atomic E-state index is 11.8. The molecular formula is C12H23N3O2.